The normalized spacial score (nSPS) is 14.1. The molecule has 2 rings (SSSR count). The van der Waals surface area contributed by atoms with Gasteiger partial charge in [0.05, 0.1) is 6.61 Å². The zero-order valence-electron chi connectivity index (χ0n) is 10.9. The summed E-state index contributed by atoms with van der Waals surface area (Å²) in [7, 11) is 1.49. The molecule has 0 saturated heterocycles. The minimum atomic E-state index is -0.926. The van der Waals surface area contributed by atoms with Gasteiger partial charge in [0, 0.05) is 7.11 Å². The van der Waals surface area contributed by atoms with E-state index in [0.29, 0.717) is 5.56 Å². The summed E-state index contributed by atoms with van der Waals surface area (Å²) < 4.78 is 4.83. The van der Waals surface area contributed by atoms with Crippen LogP contribution < -0.4 is 0 Å². The summed E-state index contributed by atoms with van der Waals surface area (Å²) in [6.07, 6.45) is -1.84. The van der Waals surface area contributed by atoms with E-state index < -0.39 is 12.2 Å². The van der Waals surface area contributed by atoms with Gasteiger partial charge in [-0.2, -0.15) is 0 Å². The molecule has 2 N–H and O–H groups in total. The highest BCUT2D eigenvalue weighted by atomic mass is 16.5. The molecule has 0 aromatic heterocycles. The SMILES string of the molecule is COCC(O)C(O)c1ccc(-c2ccccc2)cc1. The average molecular weight is 258 g/mol. The topological polar surface area (TPSA) is 49.7 Å². The van der Waals surface area contributed by atoms with Crippen LogP contribution in [-0.4, -0.2) is 30.0 Å². The van der Waals surface area contributed by atoms with Crippen LogP contribution in [0.15, 0.2) is 54.6 Å². The van der Waals surface area contributed by atoms with Crippen LogP contribution in [0.25, 0.3) is 11.1 Å². The Morgan fingerprint density at radius 2 is 1.47 bits per heavy atom. The Labute approximate surface area is 113 Å². The molecule has 0 aliphatic heterocycles. The number of rotatable bonds is 5. The molecule has 3 heteroatoms. The monoisotopic (exact) mass is 258 g/mol. The summed E-state index contributed by atoms with van der Waals surface area (Å²) in [5.41, 5.74) is 2.89. The summed E-state index contributed by atoms with van der Waals surface area (Å²) >= 11 is 0. The van der Waals surface area contributed by atoms with E-state index in [-0.39, 0.29) is 6.61 Å². The molecule has 0 radical (unpaired) electrons. The molecular weight excluding hydrogens is 240 g/mol. The highest BCUT2D eigenvalue weighted by molar-refractivity contribution is 5.63. The molecule has 2 unspecified atom stereocenters. The van der Waals surface area contributed by atoms with E-state index in [1.807, 2.05) is 54.6 Å². The number of methoxy groups -OCH3 is 1. The number of aliphatic hydroxyl groups excluding tert-OH is 2. The Kier molecular flexibility index (Phi) is 4.68. The standard InChI is InChI=1S/C16H18O3/c1-19-11-15(17)16(18)14-9-7-13(8-10-14)12-5-3-2-4-6-12/h2-10,15-18H,11H2,1H3. The van der Waals surface area contributed by atoms with E-state index in [4.69, 9.17) is 4.74 Å². The van der Waals surface area contributed by atoms with Crippen molar-refractivity contribution in [2.24, 2.45) is 0 Å². The first-order valence-electron chi connectivity index (χ1n) is 6.23. The second-order valence-electron chi connectivity index (χ2n) is 4.46. The van der Waals surface area contributed by atoms with Crippen LogP contribution in [0.3, 0.4) is 0 Å². The molecule has 0 fully saturated rings. The lowest BCUT2D eigenvalue weighted by Gasteiger charge is -2.17. The Morgan fingerprint density at radius 3 is 2.05 bits per heavy atom. The molecule has 0 spiro atoms. The summed E-state index contributed by atoms with van der Waals surface area (Å²) in [6, 6.07) is 17.5. The molecule has 100 valence electrons. The first kappa shape index (κ1) is 13.7. The fourth-order valence-corrected chi connectivity index (χ4v) is 1.99. The second kappa shape index (κ2) is 6.48. The van der Waals surface area contributed by atoms with Crippen LogP contribution in [0.1, 0.15) is 11.7 Å². The zero-order chi connectivity index (χ0) is 13.7. The van der Waals surface area contributed by atoms with Crippen LogP contribution in [0.4, 0.5) is 0 Å². The molecule has 2 aromatic carbocycles. The molecule has 19 heavy (non-hydrogen) atoms. The smallest absolute Gasteiger partial charge is 0.107 e. The molecule has 2 atom stereocenters. The Hall–Kier alpha value is -1.68. The average Bonchev–Trinajstić information content (AvgIpc) is 2.48. The molecular formula is C16H18O3. The Balaban J connectivity index is 2.15. The lowest BCUT2D eigenvalue weighted by atomic mass is 10.00. The van der Waals surface area contributed by atoms with Gasteiger partial charge in [-0.1, -0.05) is 54.6 Å². The maximum Gasteiger partial charge on any atom is 0.107 e. The lowest BCUT2D eigenvalue weighted by Crippen LogP contribution is -2.23. The summed E-state index contributed by atoms with van der Waals surface area (Å²) in [4.78, 5) is 0. The molecule has 3 nitrogen and oxygen atoms in total. The first-order valence-corrected chi connectivity index (χ1v) is 6.23. The zero-order valence-corrected chi connectivity index (χ0v) is 10.9. The molecule has 0 heterocycles. The largest absolute Gasteiger partial charge is 0.388 e. The Bertz CT molecular complexity index is 493. The van der Waals surface area contributed by atoms with Crippen LogP contribution in [0.5, 0.6) is 0 Å². The predicted octanol–water partition coefficient (Wildman–Crippen LogP) is 2.39. The van der Waals surface area contributed by atoms with Crippen molar-refractivity contribution in [2.75, 3.05) is 13.7 Å². The van der Waals surface area contributed by atoms with E-state index in [0.717, 1.165) is 11.1 Å². The third-order valence-electron chi connectivity index (χ3n) is 3.06. The molecule has 0 aliphatic carbocycles. The minimum absolute atomic E-state index is 0.113. The van der Waals surface area contributed by atoms with Gasteiger partial charge in [-0.3, -0.25) is 0 Å². The lowest BCUT2D eigenvalue weighted by molar-refractivity contribution is -0.0273. The van der Waals surface area contributed by atoms with Crippen molar-refractivity contribution >= 4 is 0 Å². The number of hydrogen-bond donors (Lipinski definition) is 2. The van der Waals surface area contributed by atoms with Crippen molar-refractivity contribution in [3.63, 3.8) is 0 Å². The van der Waals surface area contributed by atoms with Crippen LogP contribution in [-0.2, 0) is 4.74 Å². The van der Waals surface area contributed by atoms with Gasteiger partial charge in [-0.05, 0) is 16.7 Å². The third kappa shape index (κ3) is 3.41. The molecule has 0 amide bonds. The van der Waals surface area contributed by atoms with Gasteiger partial charge in [0.15, 0.2) is 0 Å². The summed E-state index contributed by atoms with van der Waals surface area (Å²) in [5, 5.41) is 19.6. The maximum atomic E-state index is 9.95. The quantitative estimate of drug-likeness (QED) is 0.865. The van der Waals surface area contributed by atoms with E-state index in [9.17, 15) is 10.2 Å². The van der Waals surface area contributed by atoms with Crippen molar-refractivity contribution < 1.29 is 14.9 Å². The van der Waals surface area contributed by atoms with Gasteiger partial charge in [-0.15, -0.1) is 0 Å². The number of ether oxygens (including phenoxy) is 1. The fourth-order valence-electron chi connectivity index (χ4n) is 1.99. The van der Waals surface area contributed by atoms with Crippen molar-refractivity contribution in [1.29, 1.82) is 0 Å². The van der Waals surface area contributed by atoms with Gasteiger partial charge < -0.3 is 14.9 Å². The van der Waals surface area contributed by atoms with E-state index >= 15 is 0 Å². The molecule has 0 bridgehead atoms. The van der Waals surface area contributed by atoms with Gasteiger partial charge in [0.1, 0.15) is 12.2 Å². The van der Waals surface area contributed by atoms with E-state index in [2.05, 4.69) is 0 Å². The fraction of sp³-hybridized carbons (Fsp3) is 0.250. The van der Waals surface area contributed by atoms with E-state index in [1.54, 1.807) is 0 Å². The molecule has 0 saturated carbocycles. The van der Waals surface area contributed by atoms with Gasteiger partial charge >= 0.3 is 0 Å². The minimum Gasteiger partial charge on any atom is -0.388 e. The van der Waals surface area contributed by atoms with Crippen molar-refractivity contribution in [1.82, 2.24) is 0 Å². The highest BCUT2D eigenvalue weighted by Gasteiger charge is 2.17. The highest BCUT2D eigenvalue weighted by Crippen LogP contribution is 2.23. The number of aliphatic hydroxyl groups is 2. The van der Waals surface area contributed by atoms with Gasteiger partial charge in [0.2, 0.25) is 0 Å². The van der Waals surface area contributed by atoms with Crippen molar-refractivity contribution in [3.05, 3.63) is 60.2 Å². The number of benzene rings is 2. The van der Waals surface area contributed by atoms with Crippen molar-refractivity contribution in [2.45, 2.75) is 12.2 Å². The van der Waals surface area contributed by atoms with E-state index in [1.165, 1.54) is 7.11 Å². The first-order chi connectivity index (χ1) is 9.22. The predicted molar refractivity (Wildman–Crippen MR) is 74.7 cm³/mol. The summed E-state index contributed by atoms with van der Waals surface area (Å²) in [6.45, 7) is 0.113. The Morgan fingerprint density at radius 1 is 0.895 bits per heavy atom. The summed E-state index contributed by atoms with van der Waals surface area (Å²) in [5.74, 6) is 0. The molecule has 2 aromatic rings. The molecule has 0 aliphatic rings. The third-order valence-corrected chi connectivity index (χ3v) is 3.06. The van der Waals surface area contributed by atoms with Gasteiger partial charge in [0.25, 0.3) is 0 Å². The van der Waals surface area contributed by atoms with Crippen molar-refractivity contribution in [3.8, 4) is 11.1 Å². The number of hydrogen-bond acceptors (Lipinski definition) is 3. The van der Waals surface area contributed by atoms with Crippen LogP contribution in [0, 0.1) is 0 Å². The maximum absolute atomic E-state index is 9.95. The van der Waals surface area contributed by atoms with Crippen LogP contribution >= 0.6 is 0 Å². The second-order valence-corrected chi connectivity index (χ2v) is 4.46. The van der Waals surface area contributed by atoms with Crippen LogP contribution in [0.2, 0.25) is 0 Å². The van der Waals surface area contributed by atoms with Gasteiger partial charge in [-0.25, -0.2) is 0 Å².